The van der Waals surface area contributed by atoms with E-state index in [0.717, 1.165) is 12.4 Å². The third-order valence-electron chi connectivity index (χ3n) is 5.35. The van der Waals surface area contributed by atoms with Gasteiger partial charge in [-0.3, -0.25) is 9.91 Å². The number of nitrogens with zero attached hydrogens (tertiary/aromatic N) is 4. The second-order valence-corrected chi connectivity index (χ2v) is 7.61. The number of anilines is 1. The third-order valence-corrected chi connectivity index (χ3v) is 5.35. The number of piperidine rings is 1. The van der Waals surface area contributed by atoms with Crippen molar-refractivity contribution < 1.29 is 0 Å². The van der Waals surface area contributed by atoms with Gasteiger partial charge >= 0.3 is 0 Å². The van der Waals surface area contributed by atoms with Gasteiger partial charge in [0, 0.05) is 49.7 Å². The first-order valence-corrected chi connectivity index (χ1v) is 9.87. The van der Waals surface area contributed by atoms with Gasteiger partial charge in [-0.1, -0.05) is 24.6 Å². The number of allylic oxidation sites excluding steroid dienone is 1. The maximum atomic E-state index is 4.62. The largest absolute Gasteiger partial charge is 0.343 e. The van der Waals surface area contributed by atoms with E-state index in [2.05, 4.69) is 82.8 Å². The molecule has 0 amide bonds. The van der Waals surface area contributed by atoms with Gasteiger partial charge < -0.3 is 5.32 Å². The van der Waals surface area contributed by atoms with Crippen LogP contribution in [0.5, 0.6) is 0 Å². The second-order valence-electron chi connectivity index (χ2n) is 7.61. The first kappa shape index (κ1) is 18.0. The quantitative estimate of drug-likeness (QED) is 0.835. The fraction of sp³-hybridized carbons (Fsp3) is 0.409. The van der Waals surface area contributed by atoms with Crippen molar-refractivity contribution in [2.45, 2.75) is 26.2 Å². The number of pyridine rings is 1. The summed E-state index contributed by atoms with van der Waals surface area (Å²) in [5, 5.41) is 10.1. The van der Waals surface area contributed by atoms with Crippen molar-refractivity contribution in [1.82, 2.24) is 19.9 Å². The van der Waals surface area contributed by atoms with E-state index in [4.69, 9.17) is 0 Å². The average Bonchev–Trinajstić information content (AvgIpc) is 3.49. The Bertz CT molecular complexity index is 877. The van der Waals surface area contributed by atoms with E-state index in [1.54, 1.807) is 0 Å². The van der Waals surface area contributed by atoms with E-state index in [0.29, 0.717) is 0 Å². The Kier molecular flexibility index (Phi) is 5.14. The van der Waals surface area contributed by atoms with Crippen LogP contribution >= 0.6 is 0 Å². The lowest BCUT2D eigenvalue weighted by molar-refractivity contribution is 0.200. The molecule has 5 heteroatoms. The number of hydrazine groups is 1. The molecule has 3 heterocycles. The molecule has 5 nitrogen and oxygen atoms in total. The number of rotatable bonds is 6. The van der Waals surface area contributed by atoms with E-state index in [-0.39, 0.29) is 0 Å². The highest BCUT2D eigenvalue weighted by Crippen LogP contribution is 2.34. The summed E-state index contributed by atoms with van der Waals surface area (Å²) in [5.74, 6) is 0.916. The molecule has 1 aromatic carbocycles. The average molecular weight is 364 g/mol. The van der Waals surface area contributed by atoms with Crippen molar-refractivity contribution in [2.75, 3.05) is 39.0 Å². The third kappa shape index (κ3) is 4.15. The number of aromatic nitrogens is 1. The molecular formula is C22H29N5. The van der Waals surface area contributed by atoms with Gasteiger partial charge in [-0.05, 0) is 50.4 Å². The summed E-state index contributed by atoms with van der Waals surface area (Å²) >= 11 is 0. The molecule has 2 aliphatic heterocycles. The summed E-state index contributed by atoms with van der Waals surface area (Å²) in [5.41, 5.74) is 3.73. The number of benzene rings is 1. The Hall–Kier alpha value is -2.37. The minimum Gasteiger partial charge on any atom is -0.343 e. The van der Waals surface area contributed by atoms with Crippen LogP contribution in [-0.2, 0) is 0 Å². The monoisotopic (exact) mass is 363 g/mol. The lowest BCUT2D eigenvalue weighted by Gasteiger charge is -2.27. The van der Waals surface area contributed by atoms with Gasteiger partial charge in [0.25, 0.3) is 0 Å². The summed E-state index contributed by atoms with van der Waals surface area (Å²) in [6.07, 6.45) is 10.3. The van der Waals surface area contributed by atoms with Gasteiger partial charge in [-0.25, -0.2) is 9.99 Å². The maximum absolute atomic E-state index is 4.62. The van der Waals surface area contributed by atoms with Crippen molar-refractivity contribution in [3.8, 4) is 0 Å². The highest BCUT2D eigenvalue weighted by molar-refractivity contribution is 5.89. The molecular weight excluding hydrogens is 334 g/mol. The van der Waals surface area contributed by atoms with Crippen molar-refractivity contribution in [3.63, 3.8) is 0 Å². The molecule has 1 fully saturated rings. The van der Waals surface area contributed by atoms with Gasteiger partial charge in [-0.15, -0.1) is 0 Å². The number of hydrogen-bond acceptors (Lipinski definition) is 5. The van der Waals surface area contributed by atoms with Crippen LogP contribution in [0.2, 0.25) is 0 Å². The van der Waals surface area contributed by atoms with Crippen LogP contribution in [0, 0.1) is 0 Å². The second kappa shape index (κ2) is 7.71. The molecule has 0 aliphatic carbocycles. The zero-order valence-electron chi connectivity index (χ0n) is 16.6. The Balaban J connectivity index is 1.49. The van der Waals surface area contributed by atoms with Crippen molar-refractivity contribution in [2.24, 2.45) is 0 Å². The topological polar surface area (TPSA) is 34.4 Å². The summed E-state index contributed by atoms with van der Waals surface area (Å²) < 4.78 is 0. The lowest BCUT2D eigenvalue weighted by atomic mass is 10.1. The number of nitrogens with one attached hydrogen (secondary N) is 1. The van der Waals surface area contributed by atoms with Gasteiger partial charge in [0.1, 0.15) is 5.82 Å². The van der Waals surface area contributed by atoms with Gasteiger partial charge in [0.05, 0.1) is 5.70 Å². The zero-order valence-corrected chi connectivity index (χ0v) is 16.6. The van der Waals surface area contributed by atoms with Crippen molar-refractivity contribution >= 4 is 22.3 Å². The highest BCUT2D eigenvalue weighted by atomic mass is 15.6. The predicted molar refractivity (Wildman–Crippen MR) is 113 cm³/mol. The van der Waals surface area contributed by atoms with Crippen LogP contribution in [0.15, 0.2) is 48.4 Å². The van der Waals surface area contributed by atoms with Crippen LogP contribution in [0.4, 0.5) is 5.82 Å². The SMILES string of the molecule is C/C=C(/CN1CCCCC1)Nc1cc2cc(C3=CN3N(C)C)ccc2cn1. The smallest absolute Gasteiger partial charge is 0.130 e. The molecule has 0 spiro atoms. The highest BCUT2D eigenvalue weighted by Gasteiger charge is 2.24. The zero-order chi connectivity index (χ0) is 18.8. The number of fused-ring (bicyclic) bond motifs is 1. The summed E-state index contributed by atoms with van der Waals surface area (Å²) in [6.45, 7) is 5.47. The molecule has 0 saturated carbocycles. The van der Waals surface area contributed by atoms with E-state index >= 15 is 0 Å². The standard InChI is InChI=1S/C22H29N5/c1-4-20(15-26-10-6-5-7-11-26)24-22-13-19-12-17(8-9-18(19)14-23-22)21-16-27(21)25(2)3/h4,8-9,12-14,16H,5-7,10-11,15H2,1-3H3,(H,23,24)/b20-4-. The van der Waals surface area contributed by atoms with E-state index < -0.39 is 0 Å². The van der Waals surface area contributed by atoms with Gasteiger partial charge in [0.2, 0.25) is 0 Å². The normalized spacial score (nSPS) is 18.1. The molecule has 27 heavy (non-hydrogen) atoms. The fourth-order valence-electron chi connectivity index (χ4n) is 3.72. The van der Waals surface area contributed by atoms with E-state index in [1.807, 2.05) is 6.20 Å². The molecule has 1 aromatic heterocycles. The van der Waals surface area contributed by atoms with Crippen LogP contribution in [0.25, 0.3) is 16.5 Å². The Morgan fingerprint density at radius 2 is 1.96 bits per heavy atom. The molecule has 0 bridgehead atoms. The van der Waals surface area contributed by atoms with Crippen LogP contribution in [0.3, 0.4) is 0 Å². The van der Waals surface area contributed by atoms with Gasteiger partial charge in [0.15, 0.2) is 0 Å². The maximum Gasteiger partial charge on any atom is 0.130 e. The molecule has 0 radical (unpaired) electrons. The number of likely N-dealkylation sites (tertiary alicyclic amines) is 1. The van der Waals surface area contributed by atoms with Crippen molar-refractivity contribution in [1.29, 1.82) is 0 Å². The summed E-state index contributed by atoms with van der Waals surface area (Å²) in [4.78, 5) is 7.15. The summed E-state index contributed by atoms with van der Waals surface area (Å²) in [7, 11) is 4.11. The molecule has 0 atom stereocenters. The first-order chi connectivity index (χ1) is 13.1. The van der Waals surface area contributed by atoms with Crippen LogP contribution < -0.4 is 5.32 Å². The fourth-order valence-corrected chi connectivity index (χ4v) is 3.72. The minimum absolute atomic E-state index is 0.916. The molecule has 2 aliphatic rings. The Morgan fingerprint density at radius 3 is 2.67 bits per heavy atom. The molecule has 142 valence electrons. The predicted octanol–water partition coefficient (Wildman–Crippen LogP) is 4.13. The molecule has 2 aromatic rings. The Morgan fingerprint density at radius 1 is 1.15 bits per heavy atom. The van der Waals surface area contributed by atoms with Crippen LogP contribution in [0.1, 0.15) is 31.7 Å². The number of hydrogen-bond donors (Lipinski definition) is 1. The first-order valence-electron chi connectivity index (χ1n) is 9.87. The molecule has 4 rings (SSSR count). The molecule has 0 unspecified atom stereocenters. The van der Waals surface area contributed by atoms with E-state index in [1.165, 1.54) is 60.1 Å². The summed E-state index contributed by atoms with van der Waals surface area (Å²) in [6, 6.07) is 8.72. The molecule has 1 N–H and O–H groups in total. The Labute approximate surface area is 161 Å². The van der Waals surface area contributed by atoms with E-state index in [9.17, 15) is 0 Å². The van der Waals surface area contributed by atoms with Crippen LogP contribution in [-0.4, -0.2) is 53.6 Å². The van der Waals surface area contributed by atoms with Crippen molar-refractivity contribution in [3.05, 3.63) is 54.0 Å². The molecule has 1 saturated heterocycles. The minimum atomic E-state index is 0.916. The lowest BCUT2D eigenvalue weighted by Crippen LogP contribution is -2.32. The van der Waals surface area contributed by atoms with Gasteiger partial charge in [-0.2, -0.15) is 0 Å².